The van der Waals surface area contributed by atoms with Crippen molar-refractivity contribution < 1.29 is 22.1 Å². The van der Waals surface area contributed by atoms with Crippen molar-refractivity contribution in [2.24, 2.45) is 0 Å². The number of halogens is 2. The Hall–Kier alpha value is -1.17. The van der Waals surface area contributed by atoms with E-state index < -0.39 is 25.0 Å². The number of benzene rings is 4. The van der Waals surface area contributed by atoms with Crippen LogP contribution in [0.3, 0.4) is 0 Å². The molecule has 0 bridgehead atoms. The first-order valence-electron chi connectivity index (χ1n) is 11.8. The third kappa shape index (κ3) is 7.45. The fourth-order valence-corrected chi connectivity index (χ4v) is 8.76. The van der Waals surface area contributed by atoms with Crippen molar-refractivity contribution in [2.75, 3.05) is 0 Å². The molecule has 6 heteroatoms. The van der Waals surface area contributed by atoms with Crippen LogP contribution in [0.2, 0.25) is 0 Å². The zero-order valence-electron chi connectivity index (χ0n) is 21.4. The Kier molecular flexibility index (Phi) is 11.1. The molecule has 0 aliphatic heterocycles. The molecule has 0 aliphatic carbocycles. The monoisotopic (exact) mass is 589 g/mol. The molecular weight excluding hydrogens is 557 g/mol. The first-order valence-corrected chi connectivity index (χ1v) is 18.6. The summed E-state index contributed by atoms with van der Waals surface area (Å²) in [4.78, 5) is 0. The average Bonchev–Trinajstić information content (AvgIpc) is 2.85. The number of aryl methyl sites for hydroxylation is 2. The van der Waals surface area contributed by atoms with E-state index in [1.807, 2.05) is 6.92 Å². The SMILES string of the molecule is Cc1cc(C(C)(C)C)cc(Pc2c(C)cccc2[PH+](c2ccccc2)c2ccccc2)c1O.[Cl][Ti][Cl]. The van der Waals surface area contributed by atoms with E-state index in [1.165, 1.54) is 32.3 Å². The molecule has 0 spiro atoms. The van der Waals surface area contributed by atoms with E-state index in [9.17, 15) is 5.11 Å². The Morgan fingerprint density at radius 2 is 1.28 bits per heavy atom. The van der Waals surface area contributed by atoms with Gasteiger partial charge in [-0.05, 0) is 72.4 Å². The van der Waals surface area contributed by atoms with Gasteiger partial charge >= 0.3 is 35.6 Å². The fourth-order valence-electron chi connectivity index (χ4n) is 4.17. The third-order valence-electron chi connectivity index (χ3n) is 6.09. The van der Waals surface area contributed by atoms with E-state index in [4.69, 9.17) is 18.6 Å². The molecule has 4 aromatic rings. The van der Waals surface area contributed by atoms with Crippen LogP contribution < -0.4 is 26.5 Å². The molecule has 1 atom stereocenters. The molecule has 1 nitrogen and oxygen atoms in total. The first kappa shape index (κ1) is 29.4. The van der Waals surface area contributed by atoms with Crippen molar-refractivity contribution in [1.29, 1.82) is 0 Å². The van der Waals surface area contributed by atoms with Gasteiger partial charge in [0.15, 0.2) is 0 Å². The van der Waals surface area contributed by atoms with Gasteiger partial charge in [-0.25, -0.2) is 0 Å². The van der Waals surface area contributed by atoms with E-state index in [0.717, 1.165) is 10.9 Å². The molecule has 4 aromatic carbocycles. The number of hydrogen-bond donors (Lipinski definition) is 1. The van der Waals surface area contributed by atoms with Gasteiger partial charge in [0.25, 0.3) is 0 Å². The summed E-state index contributed by atoms with van der Waals surface area (Å²) in [7, 11) is 9.00. The van der Waals surface area contributed by atoms with Gasteiger partial charge in [-0.3, -0.25) is 0 Å². The number of phenols is 1. The zero-order chi connectivity index (χ0) is 26.3. The second-order valence-corrected chi connectivity index (χ2v) is 16.1. The molecule has 0 aliphatic rings. The number of hydrogen-bond acceptors (Lipinski definition) is 1. The average molecular weight is 590 g/mol. The van der Waals surface area contributed by atoms with Gasteiger partial charge in [-0.15, -0.1) is 0 Å². The summed E-state index contributed by atoms with van der Waals surface area (Å²) in [6, 6.07) is 32.8. The Balaban J connectivity index is 0.00000115. The van der Waals surface area contributed by atoms with E-state index >= 15 is 0 Å². The molecule has 0 radical (unpaired) electrons. The Bertz CT molecular complexity index is 1240. The molecule has 0 saturated heterocycles. The number of aromatic hydroxyl groups is 1. The third-order valence-corrected chi connectivity index (χ3v) is 10.7. The fraction of sp³-hybridized carbons (Fsp3) is 0.200. The summed E-state index contributed by atoms with van der Waals surface area (Å²) < 4.78 is 0. The molecule has 0 amide bonds. The van der Waals surface area contributed by atoms with Crippen LogP contribution in [0.5, 0.6) is 5.75 Å². The summed E-state index contributed by atoms with van der Waals surface area (Å²) in [6.45, 7) is 10.9. The van der Waals surface area contributed by atoms with Gasteiger partial charge in [0.05, 0.1) is 7.92 Å². The van der Waals surface area contributed by atoms with Crippen LogP contribution in [0.1, 0.15) is 37.5 Å². The molecule has 0 aromatic heterocycles. The molecule has 0 saturated carbocycles. The van der Waals surface area contributed by atoms with Crippen molar-refractivity contribution in [3.63, 3.8) is 0 Å². The van der Waals surface area contributed by atoms with Crippen LogP contribution in [-0.2, 0) is 22.4 Å². The Labute approximate surface area is 235 Å². The second-order valence-electron chi connectivity index (χ2n) is 9.74. The summed E-state index contributed by atoms with van der Waals surface area (Å²) in [6.07, 6.45) is 0. The van der Waals surface area contributed by atoms with Crippen molar-refractivity contribution in [1.82, 2.24) is 0 Å². The van der Waals surface area contributed by atoms with Crippen LogP contribution in [-0.4, -0.2) is 5.11 Å². The van der Waals surface area contributed by atoms with Crippen LogP contribution >= 0.6 is 35.1 Å². The predicted molar refractivity (Wildman–Crippen MR) is 162 cm³/mol. The number of phenolic OH excluding ortho intramolecular Hbond substituents is 1. The Morgan fingerprint density at radius 3 is 1.78 bits per heavy atom. The molecule has 186 valence electrons. The van der Waals surface area contributed by atoms with E-state index in [2.05, 4.69) is 119 Å². The summed E-state index contributed by atoms with van der Waals surface area (Å²) in [5.74, 6) is 0.434. The maximum atomic E-state index is 11.0. The summed E-state index contributed by atoms with van der Waals surface area (Å²) >= 11 is -0.556. The quantitative estimate of drug-likeness (QED) is 0.200. The van der Waals surface area contributed by atoms with Crippen LogP contribution in [0.15, 0.2) is 91.0 Å². The van der Waals surface area contributed by atoms with Gasteiger partial charge in [-0.1, -0.05) is 83.9 Å². The molecule has 36 heavy (non-hydrogen) atoms. The molecule has 1 N–H and O–H groups in total. The molecular formula is C30H33Cl2OP2Ti+. The molecule has 4 rings (SSSR count). The molecule has 1 unspecified atom stereocenters. The first-order chi connectivity index (χ1) is 17.2. The summed E-state index contributed by atoms with van der Waals surface area (Å²) in [5.41, 5.74) is 3.55. The minimum atomic E-state index is -1.18. The maximum absolute atomic E-state index is 11.0. The topological polar surface area (TPSA) is 20.2 Å². The van der Waals surface area contributed by atoms with Crippen molar-refractivity contribution in [2.45, 2.75) is 40.0 Å². The van der Waals surface area contributed by atoms with E-state index in [1.54, 1.807) is 0 Å². The summed E-state index contributed by atoms with van der Waals surface area (Å²) in [5, 5.41) is 17.6. The van der Waals surface area contributed by atoms with Crippen LogP contribution in [0.4, 0.5) is 0 Å². The van der Waals surface area contributed by atoms with E-state index in [-0.39, 0.29) is 5.41 Å². The van der Waals surface area contributed by atoms with Gasteiger partial charge < -0.3 is 5.11 Å². The minimum absolute atomic E-state index is 0.0370. The number of rotatable bonds is 5. The molecule has 0 heterocycles. The van der Waals surface area contributed by atoms with Crippen molar-refractivity contribution in [3.05, 3.63) is 108 Å². The van der Waals surface area contributed by atoms with Crippen molar-refractivity contribution in [3.8, 4) is 5.75 Å². The predicted octanol–water partition coefficient (Wildman–Crippen LogP) is 6.80. The Morgan fingerprint density at radius 1 is 0.750 bits per heavy atom. The van der Waals surface area contributed by atoms with Crippen molar-refractivity contribution >= 4 is 61.6 Å². The van der Waals surface area contributed by atoms with Gasteiger partial charge in [0, 0.05) is 10.6 Å². The van der Waals surface area contributed by atoms with Gasteiger partial charge in [0.2, 0.25) is 0 Å². The second kappa shape index (κ2) is 13.6. The van der Waals surface area contributed by atoms with Crippen LogP contribution in [0, 0.1) is 13.8 Å². The van der Waals surface area contributed by atoms with E-state index in [0.29, 0.717) is 14.3 Å². The standard InChI is InChI=1S/C30H32OP2.2ClH.Ti/c1-21-13-12-18-27(33(24-14-8-6-9-15-24)25-16-10-7-11-17-25)29(21)32-26-20-23(30(3,4)5)19-22(2)28(26)31;;;/h6-20,31-32H,1-5H3;2*1H;/q;;;+2/p-1. The van der Waals surface area contributed by atoms with Crippen LogP contribution in [0.25, 0.3) is 0 Å². The zero-order valence-corrected chi connectivity index (χ0v) is 26.4. The van der Waals surface area contributed by atoms with Gasteiger partial charge in [-0.2, -0.15) is 0 Å². The van der Waals surface area contributed by atoms with Gasteiger partial charge in [0.1, 0.15) is 21.7 Å². The normalized spacial score (nSPS) is 11.4. The molecule has 0 fully saturated rings.